The van der Waals surface area contributed by atoms with E-state index < -0.39 is 5.25 Å². The van der Waals surface area contributed by atoms with Crippen LogP contribution in [-0.4, -0.2) is 36.1 Å². The zero-order valence-corrected chi connectivity index (χ0v) is 14.2. The lowest BCUT2D eigenvalue weighted by molar-refractivity contribution is -0.115. The second-order valence-electron chi connectivity index (χ2n) is 4.81. The number of nitrogens with one attached hydrogen (secondary N) is 1. The van der Waals surface area contributed by atoms with Gasteiger partial charge in [-0.25, -0.2) is 9.67 Å². The fraction of sp³-hybridized carbons (Fsp3) is 0.214. The summed E-state index contributed by atoms with van der Waals surface area (Å²) < 4.78 is 7.06. The lowest BCUT2D eigenvalue weighted by Gasteiger charge is -2.09. The molecular weight excluding hydrogens is 352 g/mol. The molecule has 1 N–H and O–H groups in total. The highest BCUT2D eigenvalue weighted by Crippen LogP contribution is 2.23. The minimum atomic E-state index is -0.413. The molecular formula is C14H13ClN6O2S. The minimum absolute atomic E-state index is 0.182. The molecule has 0 aliphatic heterocycles. The van der Waals surface area contributed by atoms with Gasteiger partial charge >= 0.3 is 0 Å². The number of hydrogen-bond donors (Lipinski definition) is 1. The van der Waals surface area contributed by atoms with Gasteiger partial charge in [0.1, 0.15) is 19.2 Å². The maximum atomic E-state index is 12.2. The number of benzene rings is 1. The summed E-state index contributed by atoms with van der Waals surface area (Å²) in [4.78, 5) is 16.0. The van der Waals surface area contributed by atoms with Gasteiger partial charge in [-0.05, 0) is 25.1 Å². The maximum Gasteiger partial charge on any atom is 0.277 e. The molecule has 1 atom stereocenters. The average Bonchev–Trinajstić information content (AvgIpc) is 3.20. The van der Waals surface area contributed by atoms with E-state index >= 15 is 0 Å². The van der Waals surface area contributed by atoms with E-state index in [1.807, 2.05) is 0 Å². The number of carbonyl (C=O) groups excluding carboxylic acids is 1. The first kappa shape index (κ1) is 16.5. The molecule has 0 fully saturated rings. The monoisotopic (exact) mass is 364 g/mol. The van der Waals surface area contributed by atoms with Gasteiger partial charge in [-0.2, -0.15) is 5.10 Å². The minimum Gasteiger partial charge on any atom is -0.414 e. The van der Waals surface area contributed by atoms with Crippen molar-refractivity contribution in [2.45, 2.75) is 23.9 Å². The summed E-state index contributed by atoms with van der Waals surface area (Å²) in [7, 11) is 0. The molecule has 124 valence electrons. The zero-order valence-electron chi connectivity index (χ0n) is 12.6. The number of rotatable bonds is 6. The molecule has 10 heteroatoms. The zero-order chi connectivity index (χ0) is 16.9. The summed E-state index contributed by atoms with van der Waals surface area (Å²) in [6, 6.07) is 6.96. The number of carbonyl (C=O) groups is 1. The van der Waals surface area contributed by atoms with Crippen LogP contribution >= 0.6 is 23.4 Å². The first-order valence-electron chi connectivity index (χ1n) is 6.98. The molecule has 0 saturated heterocycles. The fourth-order valence-corrected chi connectivity index (χ4v) is 2.71. The molecule has 0 radical (unpaired) electrons. The van der Waals surface area contributed by atoms with Crippen molar-refractivity contribution in [1.29, 1.82) is 0 Å². The Balaban J connectivity index is 1.57. The maximum absolute atomic E-state index is 12.2. The van der Waals surface area contributed by atoms with Crippen molar-refractivity contribution in [2.75, 3.05) is 5.32 Å². The van der Waals surface area contributed by atoms with Crippen molar-refractivity contribution in [2.24, 2.45) is 0 Å². The Morgan fingerprint density at radius 1 is 1.46 bits per heavy atom. The molecule has 3 aromatic rings. The van der Waals surface area contributed by atoms with E-state index in [9.17, 15) is 4.79 Å². The third-order valence-electron chi connectivity index (χ3n) is 2.95. The van der Waals surface area contributed by atoms with Crippen LogP contribution in [0.5, 0.6) is 0 Å². The van der Waals surface area contributed by atoms with Gasteiger partial charge in [-0.3, -0.25) is 4.79 Å². The molecule has 8 nitrogen and oxygen atoms in total. The smallest absolute Gasteiger partial charge is 0.277 e. The number of hydrogen-bond acceptors (Lipinski definition) is 7. The van der Waals surface area contributed by atoms with Crippen molar-refractivity contribution in [3.8, 4) is 0 Å². The van der Waals surface area contributed by atoms with E-state index in [1.165, 1.54) is 18.1 Å². The lowest BCUT2D eigenvalue weighted by Crippen LogP contribution is -2.22. The molecule has 2 aromatic heterocycles. The van der Waals surface area contributed by atoms with Crippen LogP contribution in [0.4, 0.5) is 5.69 Å². The van der Waals surface area contributed by atoms with Gasteiger partial charge < -0.3 is 9.73 Å². The van der Waals surface area contributed by atoms with Crippen LogP contribution in [-0.2, 0) is 11.3 Å². The van der Waals surface area contributed by atoms with E-state index in [-0.39, 0.29) is 5.91 Å². The molecule has 24 heavy (non-hydrogen) atoms. The largest absolute Gasteiger partial charge is 0.414 e. The van der Waals surface area contributed by atoms with Crippen LogP contribution in [0, 0.1) is 0 Å². The normalized spacial score (nSPS) is 12.1. The number of nitrogens with zero attached hydrogens (tertiary/aromatic N) is 5. The Bertz CT molecular complexity index is 822. The van der Waals surface area contributed by atoms with Gasteiger partial charge in [-0.1, -0.05) is 29.4 Å². The van der Waals surface area contributed by atoms with Crippen molar-refractivity contribution >= 4 is 35.0 Å². The van der Waals surface area contributed by atoms with E-state index in [2.05, 4.69) is 25.6 Å². The third kappa shape index (κ3) is 4.33. The topological polar surface area (TPSA) is 98.7 Å². The van der Waals surface area contributed by atoms with E-state index in [0.717, 1.165) is 0 Å². The SMILES string of the molecule is CC(Sc1nnc(Cn2cncn2)o1)C(=O)Nc1cccc(Cl)c1. The Labute approximate surface area is 146 Å². The Morgan fingerprint density at radius 3 is 3.08 bits per heavy atom. The van der Waals surface area contributed by atoms with Gasteiger partial charge in [0.25, 0.3) is 5.22 Å². The molecule has 0 spiro atoms. The number of aromatic nitrogens is 5. The van der Waals surface area contributed by atoms with Gasteiger partial charge in [0.05, 0.1) is 5.25 Å². The fourth-order valence-electron chi connectivity index (χ4n) is 1.82. The van der Waals surface area contributed by atoms with Gasteiger partial charge in [0.15, 0.2) is 0 Å². The van der Waals surface area contributed by atoms with E-state index in [1.54, 1.807) is 42.2 Å². The van der Waals surface area contributed by atoms with Crippen molar-refractivity contribution < 1.29 is 9.21 Å². The summed E-state index contributed by atoms with van der Waals surface area (Å²) in [5.74, 6) is 0.212. The average molecular weight is 365 g/mol. The second-order valence-corrected chi connectivity index (χ2v) is 6.54. The van der Waals surface area contributed by atoms with E-state index in [4.69, 9.17) is 16.0 Å². The summed E-state index contributed by atoms with van der Waals surface area (Å²) in [6.07, 6.45) is 2.98. The van der Waals surface area contributed by atoms with Crippen LogP contribution in [0.15, 0.2) is 46.6 Å². The highest BCUT2D eigenvalue weighted by atomic mass is 35.5. The van der Waals surface area contributed by atoms with Crippen molar-refractivity contribution in [3.63, 3.8) is 0 Å². The molecule has 1 aromatic carbocycles. The van der Waals surface area contributed by atoms with Crippen LogP contribution < -0.4 is 5.32 Å². The first-order chi connectivity index (χ1) is 11.6. The molecule has 0 aliphatic carbocycles. The van der Waals surface area contributed by atoms with Crippen LogP contribution in [0.1, 0.15) is 12.8 Å². The van der Waals surface area contributed by atoms with Gasteiger partial charge in [0.2, 0.25) is 11.8 Å². The van der Waals surface area contributed by atoms with Crippen LogP contribution in [0.25, 0.3) is 0 Å². The van der Waals surface area contributed by atoms with Crippen molar-refractivity contribution in [3.05, 3.63) is 47.8 Å². The quantitative estimate of drug-likeness (QED) is 0.671. The molecule has 1 amide bonds. The molecule has 1 unspecified atom stereocenters. The molecule has 0 bridgehead atoms. The Hall–Kier alpha value is -2.39. The molecule has 2 heterocycles. The Morgan fingerprint density at radius 2 is 2.33 bits per heavy atom. The molecule has 0 saturated carbocycles. The Kier molecular flexibility index (Phi) is 5.11. The summed E-state index contributed by atoms with van der Waals surface area (Å²) >= 11 is 7.08. The summed E-state index contributed by atoms with van der Waals surface area (Å²) in [5.41, 5.74) is 0.636. The van der Waals surface area contributed by atoms with Gasteiger partial charge in [-0.15, -0.1) is 10.2 Å². The number of anilines is 1. The van der Waals surface area contributed by atoms with E-state index in [0.29, 0.717) is 28.4 Å². The predicted molar refractivity (Wildman–Crippen MR) is 88.8 cm³/mol. The van der Waals surface area contributed by atoms with Crippen molar-refractivity contribution in [1.82, 2.24) is 25.0 Å². The predicted octanol–water partition coefficient (Wildman–Crippen LogP) is 2.48. The summed E-state index contributed by atoms with van der Waals surface area (Å²) in [5, 5.41) is 15.1. The van der Waals surface area contributed by atoms with Crippen LogP contribution in [0.3, 0.4) is 0 Å². The summed E-state index contributed by atoms with van der Waals surface area (Å²) in [6.45, 7) is 2.09. The van der Waals surface area contributed by atoms with Gasteiger partial charge in [0, 0.05) is 10.7 Å². The third-order valence-corrected chi connectivity index (χ3v) is 4.12. The standard InChI is InChI=1S/C14H13ClN6O2S/c1-9(13(22)18-11-4-2-3-10(15)5-11)24-14-20-19-12(23-14)6-21-8-16-7-17-21/h2-5,7-9H,6H2,1H3,(H,18,22). The second kappa shape index (κ2) is 7.45. The molecule has 3 rings (SSSR count). The molecule has 0 aliphatic rings. The number of amides is 1. The number of thioether (sulfide) groups is 1. The van der Waals surface area contributed by atoms with Crippen LogP contribution in [0.2, 0.25) is 5.02 Å². The highest BCUT2D eigenvalue weighted by Gasteiger charge is 2.18. The number of halogens is 1. The first-order valence-corrected chi connectivity index (χ1v) is 8.24. The lowest BCUT2D eigenvalue weighted by atomic mass is 10.3. The highest BCUT2D eigenvalue weighted by molar-refractivity contribution is 8.00.